The van der Waals surface area contributed by atoms with E-state index in [4.69, 9.17) is 0 Å². The maximum Gasteiger partial charge on any atom is 0.263 e. The molecule has 1 aromatic carbocycles. The number of anilines is 1. The number of hydrogen-bond donors (Lipinski definition) is 1. The van der Waals surface area contributed by atoms with Crippen LogP contribution in [0.4, 0.5) is 14.7 Å². The van der Waals surface area contributed by atoms with Gasteiger partial charge >= 0.3 is 0 Å². The molecule has 128 valence electrons. The molecule has 1 amide bonds. The molecule has 1 heterocycles. The number of nitrogens with zero attached hydrogens (tertiary/aromatic N) is 2. The smallest absolute Gasteiger partial charge is 0.263 e. The Balaban J connectivity index is 1.91. The molecule has 1 saturated carbocycles. The molecule has 0 radical (unpaired) electrons. The fraction of sp³-hybridized carbons (Fsp3) is 0.444. The molecule has 1 aromatic heterocycles. The number of carbonyl (C=O) groups is 1. The van der Waals surface area contributed by atoms with Gasteiger partial charge in [0.25, 0.3) is 5.92 Å². The molecule has 3 rings (SSSR count). The summed E-state index contributed by atoms with van der Waals surface area (Å²) in [5, 5.41) is 2.62. The van der Waals surface area contributed by atoms with E-state index < -0.39 is 23.7 Å². The fourth-order valence-electron chi connectivity index (χ4n) is 2.97. The van der Waals surface area contributed by atoms with E-state index in [1.54, 1.807) is 11.5 Å². The molecule has 6 heteroatoms. The molecule has 2 aromatic rings. The summed E-state index contributed by atoms with van der Waals surface area (Å²) in [6, 6.07) is 9.59. The quantitative estimate of drug-likeness (QED) is 0.875. The van der Waals surface area contributed by atoms with Gasteiger partial charge in [-0.15, -0.1) is 0 Å². The first kappa shape index (κ1) is 16.6. The lowest BCUT2D eigenvalue weighted by molar-refractivity contribution is -0.125. The summed E-state index contributed by atoms with van der Waals surface area (Å²) < 4.78 is 29.1. The second-order valence-electron chi connectivity index (χ2n) is 6.59. The average molecular weight is 333 g/mol. The van der Waals surface area contributed by atoms with Gasteiger partial charge in [0.1, 0.15) is 5.41 Å². The van der Waals surface area contributed by atoms with Crippen molar-refractivity contribution in [3.05, 3.63) is 36.5 Å². The van der Waals surface area contributed by atoms with Crippen LogP contribution in [0.15, 0.2) is 36.5 Å². The number of halogens is 2. The van der Waals surface area contributed by atoms with Crippen molar-refractivity contribution in [2.75, 3.05) is 5.32 Å². The molecule has 1 fully saturated rings. The molecular weight excluding hydrogens is 312 g/mol. The van der Waals surface area contributed by atoms with Crippen molar-refractivity contribution in [1.29, 1.82) is 0 Å². The van der Waals surface area contributed by atoms with Gasteiger partial charge in [0.15, 0.2) is 0 Å². The normalized spacial score (nSPS) is 21.8. The zero-order valence-electron chi connectivity index (χ0n) is 14.0. The van der Waals surface area contributed by atoms with E-state index in [0.29, 0.717) is 11.6 Å². The maximum absolute atomic E-state index is 13.6. The summed E-state index contributed by atoms with van der Waals surface area (Å²) in [5.41, 5.74) is 0.0234. The van der Waals surface area contributed by atoms with Crippen LogP contribution < -0.4 is 5.32 Å². The molecule has 4 nitrogen and oxygen atoms in total. The first-order valence-electron chi connectivity index (χ1n) is 8.14. The van der Waals surface area contributed by atoms with Gasteiger partial charge < -0.3 is 4.57 Å². The highest BCUT2D eigenvalue weighted by molar-refractivity contribution is 5.97. The van der Waals surface area contributed by atoms with Crippen LogP contribution in [0.1, 0.15) is 39.7 Å². The van der Waals surface area contributed by atoms with Gasteiger partial charge in [0, 0.05) is 24.2 Å². The number of rotatable bonds is 5. The highest BCUT2D eigenvalue weighted by atomic mass is 19.3. The molecule has 24 heavy (non-hydrogen) atoms. The van der Waals surface area contributed by atoms with Crippen LogP contribution in [0.2, 0.25) is 0 Å². The van der Waals surface area contributed by atoms with Gasteiger partial charge in [-0.1, -0.05) is 37.3 Å². The Kier molecular flexibility index (Phi) is 3.94. The molecule has 1 aliphatic rings. The highest BCUT2D eigenvalue weighted by Gasteiger charge is 2.74. The van der Waals surface area contributed by atoms with E-state index in [2.05, 4.69) is 10.3 Å². The highest BCUT2D eigenvalue weighted by Crippen LogP contribution is 2.63. The minimum absolute atomic E-state index is 0.0440. The van der Waals surface area contributed by atoms with Crippen LogP contribution >= 0.6 is 0 Å². The number of aromatic nitrogens is 2. The van der Waals surface area contributed by atoms with Gasteiger partial charge in [-0.3, -0.25) is 10.1 Å². The number of imidazole rings is 1. The molecule has 1 unspecified atom stereocenters. The van der Waals surface area contributed by atoms with Crippen molar-refractivity contribution in [2.45, 2.75) is 45.6 Å². The molecule has 0 bridgehead atoms. The van der Waals surface area contributed by atoms with E-state index in [9.17, 15) is 13.6 Å². The standard InChI is InChI=1S/C18H21F2N3O/c1-4-17(11-18(17,19)20)15(24)22-16-21-14(10-23(16)12(2)3)13-8-6-5-7-9-13/h5-10,12H,4,11H2,1-3H3,(H,21,22,24). The van der Waals surface area contributed by atoms with Crippen molar-refractivity contribution < 1.29 is 13.6 Å². The van der Waals surface area contributed by atoms with Crippen molar-refractivity contribution in [2.24, 2.45) is 5.41 Å². The zero-order chi connectivity index (χ0) is 17.5. The third-order valence-corrected chi connectivity index (χ3v) is 4.72. The summed E-state index contributed by atoms with van der Waals surface area (Å²) in [6.45, 7) is 5.52. The first-order valence-corrected chi connectivity index (χ1v) is 8.14. The molecule has 0 saturated heterocycles. The Morgan fingerprint density at radius 2 is 1.96 bits per heavy atom. The minimum atomic E-state index is -2.93. The van der Waals surface area contributed by atoms with Gasteiger partial charge in [-0.05, 0) is 20.3 Å². The van der Waals surface area contributed by atoms with Gasteiger partial charge in [0.05, 0.1) is 5.69 Å². The van der Waals surface area contributed by atoms with E-state index in [1.807, 2.05) is 50.4 Å². The minimum Gasteiger partial charge on any atom is -0.314 e. The van der Waals surface area contributed by atoms with E-state index >= 15 is 0 Å². The van der Waals surface area contributed by atoms with Crippen LogP contribution in [0, 0.1) is 5.41 Å². The zero-order valence-corrected chi connectivity index (χ0v) is 14.0. The Bertz CT molecular complexity index is 755. The largest absolute Gasteiger partial charge is 0.314 e. The second kappa shape index (κ2) is 5.69. The molecular formula is C18H21F2N3O. The summed E-state index contributed by atoms with van der Waals surface area (Å²) in [7, 11) is 0. The number of carbonyl (C=O) groups excluding carboxylic acids is 1. The van der Waals surface area contributed by atoms with Crippen LogP contribution in [0.5, 0.6) is 0 Å². The van der Waals surface area contributed by atoms with Gasteiger partial charge in [-0.2, -0.15) is 0 Å². The molecule has 0 spiro atoms. The lowest BCUT2D eigenvalue weighted by atomic mass is 10.0. The Labute approximate surface area is 139 Å². The summed E-state index contributed by atoms with van der Waals surface area (Å²) in [6.07, 6.45) is 1.55. The lowest BCUT2D eigenvalue weighted by Gasteiger charge is -2.16. The van der Waals surface area contributed by atoms with Crippen molar-refractivity contribution in [1.82, 2.24) is 9.55 Å². The molecule has 1 N–H and O–H groups in total. The lowest BCUT2D eigenvalue weighted by Crippen LogP contribution is -2.30. The number of amides is 1. The summed E-state index contributed by atoms with van der Waals surface area (Å²) in [4.78, 5) is 16.9. The van der Waals surface area contributed by atoms with Crippen LogP contribution in [0.3, 0.4) is 0 Å². The van der Waals surface area contributed by atoms with Crippen LogP contribution in [0.25, 0.3) is 11.3 Å². The number of hydrogen-bond acceptors (Lipinski definition) is 2. The third kappa shape index (κ3) is 2.60. The topological polar surface area (TPSA) is 46.9 Å². The number of alkyl halides is 2. The molecule has 1 aliphatic carbocycles. The Morgan fingerprint density at radius 1 is 1.33 bits per heavy atom. The predicted octanol–water partition coefficient (Wildman–Crippen LogP) is 4.50. The average Bonchev–Trinajstić information content (AvgIpc) is 2.91. The van der Waals surface area contributed by atoms with E-state index in [1.165, 1.54) is 0 Å². The SMILES string of the molecule is CCC1(C(=O)Nc2nc(-c3ccccc3)cn2C(C)C)CC1(F)F. The van der Waals surface area contributed by atoms with Crippen LogP contribution in [-0.4, -0.2) is 21.4 Å². The van der Waals surface area contributed by atoms with E-state index in [-0.39, 0.29) is 12.5 Å². The van der Waals surface area contributed by atoms with Crippen molar-refractivity contribution in [3.63, 3.8) is 0 Å². The van der Waals surface area contributed by atoms with Crippen molar-refractivity contribution in [3.8, 4) is 11.3 Å². The maximum atomic E-state index is 13.6. The van der Waals surface area contributed by atoms with Gasteiger partial charge in [-0.25, -0.2) is 13.8 Å². The second-order valence-corrected chi connectivity index (χ2v) is 6.59. The molecule has 0 aliphatic heterocycles. The molecule has 1 atom stereocenters. The van der Waals surface area contributed by atoms with Crippen molar-refractivity contribution >= 4 is 11.9 Å². The fourth-order valence-corrected chi connectivity index (χ4v) is 2.97. The Morgan fingerprint density at radius 3 is 2.46 bits per heavy atom. The Hall–Kier alpha value is -2.24. The van der Waals surface area contributed by atoms with E-state index in [0.717, 1.165) is 5.56 Å². The number of benzene rings is 1. The monoisotopic (exact) mass is 333 g/mol. The third-order valence-electron chi connectivity index (χ3n) is 4.72. The number of nitrogens with one attached hydrogen (secondary N) is 1. The first-order chi connectivity index (χ1) is 11.3. The van der Waals surface area contributed by atoms with Gasteiger partial charge in [0.2, 0.25) is 11.9 Å². The summed E-state index contributed by atoms with van der Waals surface area (Å²) >= 11 is 0. The summed E-state index contributed by atoms with van der Waals surface area (Å²) in [5.74, 6) is -3.27. The predicted molar refractivity (Wildman–Crippen MR) is 89.0 cm³/mol. The van der Waals surface area contributed by atoms with Crippen LogP contribution in [-0.2, 0) is 4.79 Å².